The van der Waals surface area contributed by atoms with Crippen molar-refractivity contribution in [3.8, 4) is 0 Å². The normalized spacial score (nSPS) is 18.7. The van der Waals surface area contributed by atoms with Gasteiger partial charge < -0.3 is 19.3 Å². The summed E-state index contributed by atoms with van der Waals surface area (Å²) in [5, 5.41) is 12.6. The average Bonchev–Trinajstić information content (AvgIpc) is 2.94. The van der Waals surface area contributed by atoms with Crippen LogP contribution in [0, 0.1) is 0 Å². The summed E-state index contributed by atoms with van der Waals surface area (Å²) in [7, 11) is 1.54. The summed E-state index contributed by atoms with van der Waals surface area (Å²) in [5.41, 5.74) is 0.254. The summed E-state index contributed by atoms with van der Waals surface area (Å²) in [6.45, 7) is 0.901. The van der Waals surface area contributed by atoms with Gasteiger partial charge in [0.2, 0.25) is 0 Å². The van der Waals surface area contributed by atoms with Crippen LogP contribution in [0.1, 0.15) is 48.4 Å². The lowest BCUT2D eigenvalue weighted by molar-refractivity contribution is -0.137. The molecule has 1 atom stereocenters. The van der Waals surface area contributed by atoms with Crippen molar-refractivity contribution in [1.82, 2.24) is 10.1 Å². The highest BCUT2D eigenvalue weighted by molar-refractivity contribution is 5.92. The fourth-order valence-corrected chi connectivity index (χ4v) is 2.63. The molecule has 7 nitrogen and oxygen atoms in total. The first kappa shape index (κ1) is 15.5. The van der Waals surface area contributed by atoms with E-state index in [2.05, 4.69) is 5.16 Å². The van der Waals surface area contributed by atoms with E-state index in [9.17, 15) is 9.59 Å². The highest BCUT2D eigenvalue weighted by Crippen LogP contribution is 2.23. The molecule has 0 spiro atoms. The molecule has 21 heavy (non-hydrogen) atoms. The molecule has 1 aliphatic heterocycles. The van der Waals surface area contributed by atoms with E-state index >= 15 is 0 Å². The molecule has 1 unspecified atom stereocenters. The van der Waals surface area contributed by atoms with Crippen molar-refractivity contribution in [2.75, 3.05) is 13.7 Å². The van der Waals surface area contributed by atoms with Gasteiger partial charge in [0.25, 0.3) is 5.91 Å². The standard InChI is InChI=1S/C14H20N2O5/c1-20-9-11-8-12(15-21-11)14(19)16-7-3-2-4-10(16)5-6-13(17)18/h8,10H,2-7,9H2,1H3,(H,17,18). The molecule has 1 saturated heterocycles. The molecule has 1 N–H and O–H groups in total. The van der Waals surface area contributed by atoms with E-state index in [0.29, 0.717) is 18.7 Å². The Morgan fingerprint density at radius 1 is 1.52 bits per heavy atom. The van der Waals surface area contributed by atoms with Crippen LogP contribution in [0.3, 0.4) is 0 Å². The Morgan fingerprint density at radius 2 is 2.33 bits per heavy atom. The van der Waals surface area contributed by atoms with Gasteiger partial charge in [0.15, 0.2) is 11.5 Å². The Morgan fingerprint density at radius 3 is 3.05 bits per heavy atom. The maximum atomic E-state index is 12.5. The number of carboxylic acid groups (broad SMARTS) is 1. The van der Waals surface area contributed by atoms with Crippen molar-refractivity contribution in [3.05, 3.63) is 17.5 Å². The summed E-state index contributed by atoms with van der Waals surface area (Å²) < 4.78 is 9.96. The van der Waals surface area contributed by atoms with Crippen molar-refractivity contribution in [2.45, 2.75) is 44.8 Å². The van der Waals surface area contributed by atoms with Crippen LogP contribution < -0.4 is 0 Å². The molecule has 1 aliphatic rings. The second kappa shape index (κ2) is 7.21. The van der Waals surface area contributed by atoms with Gasteiger partial charge >= 0.3 is 5.97 Å². The van der Waals surface area contributed by atoms with E-state index in [1.807, 2.05) is 0 Å². The van der Waals surface area contributed by atoms with Crippen LogP contribution in [0.25, 0.3) is 0 Å². The third-order valence-electron chi connectivity index (χ3n) is 3.64. The van der Waals surface area contributed by atoms with Gasteiger partial charge in [-0.2, -0.15) is 0 Å². The van der Waals surface area contributed by atoms with Crippen LogP contribution in [0.2, 0.25) is 0 Å². The monoisotopic (exact) mass is 296 g/mol. The number of carboxylic acids is 1. The number of ether oxygens (including phenoxy) is 1. The maximum absolute atomic E-state index is 12.5. The van der Waals surface area contributed by atoms with Gasteiger partial charge in [0, 0.05) is 32.2 Å². The molecule has 0 saturated carbocycles. The Bertz CT molecular complexity index is 499. The Hall–Kier alpha value is -1.89. The van der Waals surface area contributed by atoms with Crippen LogP contribution >= 0.6 is 0 Å². The van der Waals surface area contributed by atoms with Gasteiger partial charge in [-0.15, -0.1) is 0 Å². The van der Waals surface area contributed by atoms with Gasteiger partial charge in [-0.05, 0) is 25.7 Å². The number of aliphatic carboxylic acids is 1. The largest absolute Gasteiger partial charge is 0.481 e. The zero-order chi connectivity index (χ0) is 15.2. The number of methoxy groups -OCH3 is 1. The molecule has 1 fully saturated rings. The first-order chi connectivity index (χ1) is 10.1. The molecule has 7 heteroatoms. The van der Waals surface area contributed by atoms with Gasteiger partial charge in [-0.3, -0.25) is 9.59 Å². The van der Waals surface area contributed by atoms with Crippen molar-refractivity contribution in [1.29, 1.82) is 0 Å². The van der Waals surface area contributed by atoms with Gasteiger partial charge in [-0.25, -0.2) is 0 Å². The predicted molar refractivity (Wildman–Crippen MR) is 72.8 cm³/mol. The summed E-state index contributed by atoms with van der Waals surface area (Å²) in [6, 6.07) is 1.54. The number of nitrogens with zero attached hydrogens (tertiary/aromatic N) is 2. The van der Waals surface area contributed by atoms with Crippen molar-refractivity contribution < 1.29 is 24.0 Å². The summed E-state index contributed by atoms with van der Waals surface area (Å²) in [6.07, 6.45) is 3.33. The molecular weight excluding hydrogens is 276 g/mol. The number of hydrogen-bond acceptors (Lipinski definition) is 5. The van der Waals surface area contributed by atoms with Crippen LogP contribution in [0.15, 0.2) is 10.6 Å². The van der Waals surface area contributed by atoms with Crippen LogP contribution in [0.4, 0.5) is 0 Å². The molecule has 0 aromatic carbocycles. The second-order valence-corrected chi connectivity index (χ2v) is 5.19. The molecule has 1 aromatic rings. The lowest BCUT2D eigenvalue weighted by Gasteiger charge is -2.35. The molecule has 0 radical (unpaired) electrons. The topological polar surface area (TPSA) is 92.9 Å². The molecule has 1 amide bonds. The third-order valence-corrected chi connectivity index (χ3v) is 3.64. The molecule has 0 aliphatic carbocycles. The fourth-order valence-electron chi connectivity index (χ4n) is 2.63. The fraction of sp³-hybridized carbons (Fsp3) is 0.643. The van der Waals surface area contributed by atoms with Gasteiger partial charge in [0.05, 0.1) is 0 Å². The number of amides is 1. The van der Waals surface area contributed by atoms with Crippen molar-refractivity contribution in [2.24, 2.45) is 0 Å². The van der Waals surface area contributed by atoms with Crippen molar-refractivity contribution >= 4 is 11.9 Å². The van der Waals surface area contributed by atoms with Crippen molar-refractivity contribution in [3.63, 3.8) is 0 Å². The minimum Gasteiger partial charge on any atom is -0.481 e. The summed E-state index contributed by atoms with van der Waals surface area (Å²) >= 11 is 0. The van der Waals surface area contributed by atoms with E-state index in [0.717, 1.165) is 19.3 Å². The molecule has 0 bridgehead atoms. The molecule has 2 rings (SSSR count). The molecular formula is C14H20N2O5. The highest BCUT2D eigenvalue weighted by atomic mass is 16.5. The van der Waals surface area contributed by atoms with Gasteiger partial charge in [-0.1, -0.05) is 5.16 Å². The highest BCUT2D eigenvalue weighted by Gasteiger charge is 2.29. The summed E-state index contributed by atoms with van der Waals surface area (Å²) in [5.74, 6) is -0.534. The Labute approximate surface area is 122 Å². The minimum absolute atomic E-state index is 0.0371. The quantitative estimate of drug-likeness (QED) is 0.858. The average molecular weight is 296 g/mol. The van der Waals surface area contributed by atoms with Gasteiger partial charge in [0.1, 0.15) is 6.61 Å². The van der Waals surface area contributed by atoms with E-state index in [-0.39, 0.29) is 30.7 Å². The molecule has 116 valence electrons. The maximum Gasteiger partial charge on any atom is 0.303 e. The van der Waals surface area contributed by atoms with E-state index in [1.54, 1.807) is 11.0 Å². The lowest BCUT2D eigenvalue weighted by atomic mass is 9.97. The Kier molecular flexibility index (Phi) is 5.32. The molecule has 1 aromatic heterocycles. The second-order valence-electron chi connectivity index (χ2n) is 5.19. The predicted octanol–water partition coefficient (Wildman–Crippen LogP) is 1.68. The summed E-state index contributed by atoms with van der Waals surface area (Å²) in [4.78, 5) is 24.9. The van der Waals surface area contributed by atoms with Crippen LogP contribution in [0.5, 0.6) is 0 Å². The first-order valence-corrected chi connectivity index (χ1v) is 7.09. The minimum atomic E-state index is -0.836. The molecule has 2 heterocycles. The van der Waals surface area contributed by atoms with E-state index < -0.39 is 5.97 Å². The number of hydrogen-bond donors (Lipinski definition) is 1. The lowest BCUT2D eigenvalue weighted by Crippen LogP contribution is -2.44. The van der Waals surface area contributed by atoms with E-state index in [4.69, 9.17) is 14.4 Å². The number of carbonyl (C=O) groups excluding carboxylic acids is 1. The number of piperidine rings is 1. The van der Waals surface area contributed by atoms with E-state index in [1.165, 1.54) is 7.11 Å². The number of aromatic nitrogens is 1. The SMILES string of the molecule is COCc1cc(C(=O)N2CCCCC2CCC(=O)O)no1. The third kappa shape index (κ3) is 4.04. The number of carbonyl (C=O) groups is 2. The first-order valence-electron chi connectivity index (χ1n) is 7.09. The van der Waals surface area contributed by atoms with Crippen LogP contribution in [-0.2, 0) is 16.1 Å². The number of likely N-dealkylation sites (tertiary alicyclic amines) is 1. The zero-order valence-corrected chi connectivity index (χ0v) is 12.1. The van der Waals surface area contributed by atoms with Crippen LogP contribution in [-0.4, -0.2) is 46.7 Å². The number of rotatable bonds is 6. The smallest absolute Gasteiger partial charge is 0.303 e. The Balaban J connectivity index is 2.04. The zero-order valence-electron chi connectivity index (χ0n) is 12.1.